The van der Waals surface area contributed by atoms with E-state index in [9.17, 15) is 9.59 Å². The summed E-state index contributed by atoms with van der Waals surface area (Å²) < 4.78 is 4.87. The summed E-state index contributed by atoms with van der Waals surface area (Å²) in [6.07, 6.45) is 2.73. The molecule has 0 aromatic heterocycles. The normalized spacial score (nSPS) is 11.6. The van der Waals surface area contributed by atoms with Crippen LogP contribution in [0.15, 0.2) is 11.6 Å². The molecule has 0 aromatic rings. The van der Waals surface area contributed by atoms with Gasteiger partial charge in [0.15, 0.2) is 0 Å². The fourth-order valence-corrected chi connectivity index (χ4v) is 1.54. The van der Waals surface area contributed by atoms with E-state index >= 15 is 0 Å². The van der Waals surface area contributed by atoms with Crippen LogP contribution in [0, 0.1) is 0 Å². The van der Waals surface area contributed by atoms with Crippen molar-refractivity contribution in [2.45, 2.75) is 53.5 Å². The highest BCUT2D eigenvalue weighted by molar-refractivity contribution is 5.88. The first-order valence-corrected chi connectivity index (χ1v) is 6.53. The maximum absolute atomic E-state index is 12.0. The monoisotopic (exact) mass is 255 g/mol. The van der Waals surface area contributed by atoms with Crippen molar-refractivity contribution >= 4 is 11.9 Å². The molecule has 4 heteroatoms. The molecule has 1 unspecified atom stereocenters. The van der Waals surface area contributed by atoms with Gasteiger partial charge in [-0.1, -0.05) is 12.5 Å². The molecule has 0 N–H and O–H groups in total. The lowest BCUT2D eigenvalue weighted by Gasteiger charge is -2.27. The SMILES string of the molecule is CCOC(=O)CCN(C(=O)C=C(C)C)C(C)CC. The van der Waals surface area contributed by atoms with Crippen molar-refractivity contribution in [3.63, 3.8) is 0 Å². The van der Waals surface area contributed by atoms with Crippen molar-refractivity contribution in [2.75, 3.05) is 13.2 Å². The lowest BCUT2D eigenvalue weighted by Crippen LogP contribution is -2.39. The predicted molar refractivity (Wildman–Crippen MR) is 72.1 cm³/mol. The zero-order valence-electron chi connectivity index (χ0n) is 12.2. The van der Waals surface area contributed by atoms with E-state index in [2.05, 4.69) is 0 Å². The summed E-state index contributed by atoms with van der Waals surface area (Å²) in [4.78, 5) is 25.1. The van der Waals surface area contributed by atoms with Crippen LogP contribution in [-0.4, -0.2) is 36.0 Å². The summed E-state index contributed by atoms with van der Waals surface area (Å²) in [5, 5.41) is 0. The molecule has 18 heavy (non-hydrogen) atoms. The fourth-order valence-electron chi connectivity index (χ4n) is 1.54. The highest BCUT2D eigenvalue weighted by Gasteiger charge is 2.18. The van der Waals surface area contributed by atoms with Crippen LogP contribution in [0.2, 0.25) is 0 Å². The standard InChI is InChI=1S/C14H25NO3/c1-6-12(5)15(13(16)10-11(3)4)9-8-14(17)18-7-2/h10,12H,6-9H2,1-5H3. The number of carbonyl (C=O) groups is 2. The zero-order chi connectivity index (χ0) is 14.1. The van der Waals surface area contributed by atoms with Gasteiger partial charge in [0.25, 0.3) is 0 Å². The molecule has 0 aliphatic heterocycles. The molecule has 0 aliphatic carbocycles. The van der Waals surface area contributed by atoms with Gasteiger partial charge in [0.05, 0.1) is 13.0 Å². The van der Waals surface area contributed by atoms with Crippen molar-refractivity contribution in [1.82, 2.24) is 4.90 Å². The third kappa shape index (κ3) is 6.42. The number of hydrogen-bond donors (Lipinski definition) is 0. The van der Waals surface area contributed by atoms with Crippen LogP contribution in [0.5, 0.6) is 0 Å². The number of nitrogens with zero attached hydrogens (tertiary/aromatic N) is 1. The molecule has 0 rings (SSSR count). The summed E-state index contributed by atoms with van der Waals surface area (Å²) >= 11 is 0. The Labute approximate surface area is 110 Å². The molecule has 0 aliphatic rings. The summed E-state index contributed by atoms with van der Waals surface area (Å²) in [5.41, 5.74) is 0.962. The maximum Gasteiger partial charge on any atom is 0.307 e. The first-order chi connectivity index (χ1) is 8.42. The molecule has 0 radical (unpaired) electrons. The molecule has 104 valence electrons. The zero-order valence-corrected chi connectivity index (χ0v) is 12.2. The Bertz CT molecular complexity index is 306. The molecule has 4 nitrogen and oxygen atoms in total. The van der Waals surface area contributed by atoms with Crippen LogP contribution in [0.1, 0.15) is 47.5 Å². The Morgan fingerprint density at radius 2 is 1.89 bits per heavy atom. The van der Waals surface area contributed by atoms with Crippen molar-refractivity contribution in [2.24, 2.45) is 0 Å². The smallest absolute Gasteiger partial charge is 0.307 e. The van der Waals surface area contributed by atoms with Crippen LogP contribution < -0.4 is 0 Å². The molecule has 0 saturated heterocycles. The second-order valence-electron chi connectivity index (χ2n) is 4.57. The topological polar surface area (TPSA) is 46.6 Å². The minimum atomic E-state index is -0.254. The van der Waals surface area contributed by atoms with Crippen LogP contribution in [0.4, 0.5) is 0 Å². The minimum Gasteiger partial charge on any atom is -0.466 e. The number of allylic oxidation sites excluding steroid dienone is 1. The van der Waals surface area contributed by atoms with Crippen LogP contribution in [0.25, 0.3) is 0 Å². The molecule has 0 fully saturated rings. The van der Waals surface area contributed by atoms with Gasteiger partial charge < -0.3 is 9.64 Å². The lowest BCUT2D eigenvalue weighted by atomic mass is 10.2. The third-order valence-corrected chi connectivity index (χ3v) is 2.68. The Morgan fingerprint density at radius 1 is 1.28 bits per heavy atom. The Hall–Kier alpha value is -1.32. The first kappa shape index (κ1) is 16.7. The van der Waals surface area contributed by atoms with Crippen molar-refractivity contribution in [3.05, 3.63) is 11.6 Å². The molecule has 0 aromatic carbocycles. The molecule has 0 bridgehead atoms. The summed E-state index contributed by atoms with van der Waals surface area (Å²) in [7, 11) is 0. The molecule has 0 spiro atoms. The van der Waals surface area contributed by atoms with E-state index in [-0.39, 0.29) is 24.3 Å². The summed E-state index contributed by atoms with van der Waals surface area (Å²) in [5.74, 6) is -0.288. The van der Waals surface area contributed by atoms with E-state index in [1.165, 1.54) is 0 Å². The van der Waals surface area contributed by atoms with Crippen molar-refractivity contribution in [1.29, 1.82) is 0 Å². The molecule has 1 atom stereocenters. The predicted octanol–water partition coefficient (Wildman–Crippen LogP) is 2.53. The highest BCUT2D eigenvalue weighted by atomic mass is 16.5. The first-order valence-electron chi connectivity index (χ1n) is 6.53. The minimum absolute atomic E-state index is 0.0337. The molecule has 0 saturated carbocycles. The van der Waals surface area contributed by atoms with E-state index < -0.39 is 0 Å². The van der Waals surface area contributed by atoms with Crippen LogP contribution in [0.3, 0.4) is 0 Å². The average molecular weight is 255 g/mol. The molecule has 1 amide bonds. The highest BCUT2D eigenvalue weighted by Crippen LogP contribution is 2.07. The molecular weight excluding hydrogens is 230 g/mol. The van der Waals surface area contributed by atoms with Gasteiger partial charge in [-0.05, 0) is 34.1 Å². The van der Waals surface area contributed by atoms with Gasteiger partial charge >= 0.3 is 5.97 Å². The number of ether oxygens (including phenoxy) is 1. The van der Waals surface area contributed by atoms with Gasteiger partial charge in [-0.2, -0.15) is 0 Å². The summed E-state index contributed by atoms with van der Waals surface area (Å²) in [6, 6.07) is 0.127. The van der Waals surface area contributed by atoms with Gasteiger partial charge in [-0.25, -0.2) is 0 Å². The maximum atomic E-state index is 12.0. The lowest BCUT2D eigenvalue weighted by molar-refractivity contribution is -0.144. The van der Waals surface area contributed by atoms with E-state index in [0.717, 1.165) is 12.0 Å². The van der Waals surface area contributed by atoms with Gasteiger partial charge in [0, 0.05) is 18.7 Å². The number of carbonyl (C=O) groups excluding carboxylic acids is 2. The van der Waals surface area contributed by atoms with E-state index in [1.54, 1.807) is 17.9 Å². The molecule has 0 heterocycles. The van der Waals surface area contributed by atoms with Gasteiger partial charge in [0.1, 0.15) is 0 Å². The number of hydrogen-bond acceptors (Lipinski definition) is 3. The average Bonchev–Trinajstić information content (AvgIpc) is 2.28. The fraction of sp³-hybridized carbons (Fsp3) is 0.714. The Kier molecular flexibility index (Phi) is 8.08. The van der Waals surface area contributed by atoms with E-state index in [1.807, 2.05) is 27.7 Å². The van der Waals surface area contributed by atoms with E-state index in [4.69, 9.17) is 4.74 Å². The molecular formula is C14H25NO3. The Balaban J connectivity index is 4.55. The van der Waals surface area contributed by atoms with Crippen molar-refractivity contribution in [3.8, 4) is 0 Å². The quantitative estimate of drug-likeness (QED) is 0.519. The second-order valence-corrected chi connectivity index (χ2v) is 4.57. The van der Waals surface area contributed by atoms with Gasteiger partial charge in [-0.3, -0.25) is 9.59 Å². The van der Waals surface area contributed by atoms with Gasteiger partial charge in [0.2, 0.25) is 5.91 Å². The number of rotatable bonds is 7. The second kappa shape index (κ2) is 8.72. The van der Waals surface area contributed by atoms with Gasteiger partial charge in [-0.15, -0.1) is 0 Å². The summed E-state index contributed by atoms with van der Waals surface area (Å²) in [6.45, 7) is 10.4. The largest absolute Gasteiger partial charge is 0.466 e. The van der Waals surface area contributed by atoms with Crippen LogP contribution >= 0.6 is 0 Å². The third-order valence-electron chi connectivity index (χ3n) is 2.68. The van der Waals surface area contributed by atoms with E-state index in [0.29, 0.717) is 13.2 Å². The number of amides is 1. The number of esters is 1. The van der Waals surface area contributed by atoms with Crippen LogP contribution in [-0.2, 0) is 14.3 Å². The van der Waals surface area contributed by atoms with Crippen molar-refractivity contribution < 1.29 is 14.3 Å². The Morgan fingerprint density at radius 3 is 2.33 bits per heavy atom.